The molecule has 0 aliphatic carbocycles. The van der Waals surface area contributed by atoms with Gasteiger partial charge in [0.2, 0.25) is 0 Å². The Labute approximate surface area is 60.6 Å². The molecule has 0 spiro atoms. The van der Waals surface area contributed by atoms with Gasteiger partial charge < -0.3 is 4.12 Å². The summed E-state index contributed by atoms with van der Waals surface area (Å²) in [6.07, 6.45) is 0. The van der Waals surface area contributed by atoms with Crippen molar-refractivity contribution in [3.63, 3.8) is 0 Å². The Morgan fingerprint density at radius 1 is 1.44 bits per heavy atom. The van der Waals surface area contributed by atoms with Gasteiger partial charge in [0.05, 0.1) is 0 Å². The second-order valence-corrected chi connectivity index (χ2v) is 9.07. The summed E-state index contributed by atoms with van der Waals surface area (Å²) in [7, 11) is -1.94. The summed E-state index contributed by atoms with van der Waals surface area (Å²) < 4.78 is 5.71. The van der Waals surface area contributed by atoms with Gasteiger partial charge in [-0.2, -0.15) is 0 Å². The van der Waals surface area contributed by atoms with E-state index in [0.29, 0.717) is 0 Å². The minimum atomic E-state index is -1.43. The van der Waals surface area contributed by atoms with Crippen LogP contribution in [-0.4, -0.2) is 17.4 Å². The van der Waals surface area contributed by atoms with E-state index in [2.05, 4.69) is 32.8 Å². The van der Waals surface area contributed by atoms with Crippen LogP contribution in [0.15, 0.2) is 12.3 Å². The number of rotatable bonds is 3. The Morgan fingerprint density at radius 2 is 1.89 bits per heavy atom. The molecule has 1 radical (unpaired) electrons. The van der Waals surface area contributed by atoms with E-state index < -0.39 is 17.4 Å². The van der Waals surface area contributed by atoms with Crippen molar-refractivity contribution < 1.29 is 4.12 Å². The summed E-state index contributed by atoms with van der Waals surface area (Å²) in [6, 6.07) is 0. The molecule has 0 bridgehead atoms. The van der Waals surface area contributed by atoms with Crippen molar-refractivity contribution >= 4 is 17.4 Å². The van der Waals surface area contributed by atoms with E-state index in [1.807, 2.05) is 5.70 Å². The van der Waals surface area contributed by atoms with Crippen LogP contribution in [0.3, 0.4) is 0 Å². The first-order chi connectivity index (χ1) is 3.98. The Hall–Kier alpha value is 0.134. The van der Waals surface area contributed by atoms with Crippen LogP contribution in [0.5, 0.6) is 0 Å². The summed E-state index contributed by atoms with van der Waals surface area (Å²) >= 11 is 0. The molecule has 0 aromatic rings. The molecule has 53 valence electrons. The SMILES string of the molecule is C=C[Si](C)(C)O[Si](C)C. The maximum absolute atomic E-state index is 5.71. The van der Waals surface area contributed by atoms with Gasteiger partial charge >= 0.3 is 0 Å². The first-order valence-electron chi connectivity index (χ1n) is 3.11. The lowest BCUT2D eigenvalue weighted by molar-refractivity contribution is 0.589. The van der Waals surface area contributed by atoms with Crippen LogP contribution in [0, 0.1) is 0 Å². The fourth-order valence-electron chi connectivity index (χ4n) is 0.568. The smallest absolute Gasteiger partial charge is 0.197 e. The molecule has 0 atom stereocenters. The van der Waals surface area contributed by atoms with Gasteiger partial charge in [-0.15, -0.1) is 6.58 Å². The van der Waals surface area contributed by atoms with Gasteiger partial charge in [0.15, 0.2) is 17.4 Å². The zero-order valence-electron chi connectivity index (χ0n) is 6.69. The molecule has 3 heteroatoms. The Bertz CT molecular complexity index is 99.2. The van der Waals surface area contributed by atoms with Gasteiger partial charge in [0.25, 0.3) is 0 Å². The molecule has 0 aromatic carbocycles. The molecular weight excluding hydrogens is 144 g/mol. The standard InChI is InChI=1S/C6H15OSi2/c1-6-9(4,5)7-8(2)3/h6H,1H2,2-5H3. The second-order valence-electron chi connectivity index (χ2n) is 2.82. The fourth-order valence-corrected chi connectivity index (χ4v) is 5.11. The van der Waals surface area contributed by atoms with Crippen molar-refractivity contribution in [3.8, 4) is 0 Å². The second kappa shape index (κ2) is 3.34. The first kappa shape index (κ1) is 9.13. The van der Waals surface area contributed by atoms with Crippen LogP contribution >= 0.6 is 0 Å². The van der Waals surface area contributed by atoms with Crippen molar-refractivity contribution in [2.45, 2.75) is 26.2 Å². The molecule has 0 amide bonds. The van der Waals surface area contributed by atoms with Gasteiger partial charge in [-0.25, -0.2) is 0 Å². The lowest BCUT2D eigenvalue weighted by atomic mass is 11.3. The van der Waals surface area contributed by atoms with E-state index in [1.54, 1.807) is 0 Å². The predicted molar refractivity (Wildman–Crippen MR) is 46.2 cm³/mol. The fraction of sp³-hybridized carbons (Fsp3) is 0.667. The highest BCUT2D eigenvalue weighted by atomic mass is 28.4. The van der Waals surface area contributed by atoms with Gasteiger partial charge in [0.1, 0.15) is 0 Å². The van der Waals surface area contributed by atoms with E-state index >= 15 is 0 Å². The van der Waals surface area contributed by atoms with Crippen molar-refractivity contribution in [2.24, 2.45) is 0 Å². The summed E-state index contributed by atoms with van der Waals surface area (Å²) in [4.78, 5) is 0. The van der Waals surface area contributed by atoms with Crippen molar-refractivity contribution in [1.29, 1.82) is 0 Å². The molecule has 0 aliphatic heterocycles. The molecule has 0 heterocycles. The van der Waals surface area contributed by atoms with Crippen LogP contribution in [-0.2, 0) is 4.12 Å². The van der Waals surface area contributed by atoms with Crippen molar-refractivity contribution in [3.05, 3.63) is 12.3 Å². The molecule has 0 rings (SSSR count). The highest BCUT2D eigenvalue weighted by Crippen LogP contribution is 2.05. The van der Waals surface area contributed by atoms with Crippen LogP contribution in [0.4, 0.5) is 0 Å². The Kier molecular flexibility index (Phi) is 3.39. The maximum Gasteiger partial charge on any atom is 0.197 e. The van der Waals surface area contributed by atoms with Crippen LogP contribution in [0.2, 0.25) is 26.2 Å². The molecule has 0 aliphatic rings. The van der Waals surface area contributed by atoms with Crippen molar-refractivity contribution in [1.82, 2.24) is 0 Å². The summed E-state index contributed by atoms with van der Waals surface area (Å²) in [5.74, 6) is 0. The largest absolute Gasteiger partial charge is 0.453 e. The lowest BCUT2D eigenvalue weighted by Crippen LogP contribution is -2.32. The average molecular weight is 159 g/mol. The molecule has 9 heavy (non-hydrogen) atoms. The summed E-state index contributed by atoms with van der Waals surface area (Å²) in [6.45, 7) is 12.4. The van der Waals surface area contributed by atoms with Gasteiger partial charge in [-0.1, -0.05) is 5.70 Å². The molecule has 0 saturated carbocycles. The van der Waals surface area contributed by atoms with Crippen molar-refractivity contribution in [2.75, 3.05) is 0 Å². The van der Waals surface area contributed by atoms with E-state index in [0.717, 1.165) is 0 Å². The highest BCUT2D eigenvalue weighted by molar-refractivity contribution is 6.81. The van der Waals surface area contributed by atoms with Gasteiger partial charge in [-0.05, 0) is 26.2 Å². The number of hydrogen-bond acceptors (Lipinski definition) is 1. The number of hydrogen-bond donors (Lipinski definition) is 0. The first-order valence-corrected chi connectivity index (χ1v) is 8.50. The maximum atomic E-state index is 5.71. The molecule has 0 saturated heterocycles. The third-order valence-electron chi connectivity index (χ3n) is 0.959. The minimum Gasteiger partial charge on any atom is -0.453 e. The zero-order valence-corrected chi connectivity index (χ0v) is 8.69. The van der Waals surface area contributed by atoms with Crippen LogP contribution in [0.25, 0.3) is 0 Å². The van der Waals surface area contributed by atoms with Crippen LogP contribution < -0.4 is 0 Å². The summed E-state index contributed by atoms with van der Waals surface area (Å²) in [5, 5.41) is 0. The highest BCUT2D eigenvalue weighted by Gasteiger charge is 2.18. The Morgan fingerprint density at radius 3 is 2.00 bits per heavy atom. The molecule has 0 aromatic heterocycles. The van der Waals surface area contributed by atoms with Gasteiger partial charge in [-0.3, -0.25) is 0 Å². The van der Waals surface area contributed by atoms with E-state index in [9.17, 15) is 0 Å². The lowest BCUT2D eigenvalue weighted by Gasteiger charge is -2.20. The van der Waals surface area contributed by atoms with Gasteiger partial charge in [0, 0.05) is 0 Å². The molecule has 0 N–H and O–H groups in total. The van der Waals surface area contributed by atoms with E-state index in [4.69, 9.17) is 4.12 Å². The topological polar surface area (TPSA) is 9.23 Å². The zero-order chi connectivity index (χ0) is 7.49. The monoisotopic (exact) mass is 159 g/mol. The third kappa shape index (κ3) is 4.63. The van der Waals surface area contributed by atoms with E-state index in [1.165, 1.54) is 0 Å². The predicted octanol–water partition coefficient (Wildman–Crippen LogP) is 2.18. The quantitative estimate of drug-likeness (QED) is 0.574. The molecule has 1 nitrogen and oxygen atoms in total. The van der Waals surface area contributed by atoms with Crippen LogP contribution in [0.1, 0.15) is 0 Å². The minimum absolute atomic E-state index is 0.513. The molecule has 0 unspecified atom stereocenters. The normalized spacial score (nSPS) is 12.1. The summed E-state index contributed by atoms with van der Waals surface area (Å²) in [5.41, 5.74) is 1.98. The third-order valence-corrected chi connectivity index (χ3v) is 5.68. The molecular formula is C6H15OSi2. The van der Waals surface area contributed by atoms with E-state index in [-0.39, 0.29) is 0 Å². The Balaban J connectivity index is 3.71. The average Bonchev–Trinajstić information content (AvgIpc) is 1.63. The molecule has 0 fully saturated rings.